The predicted octanol–water partition coefficient (Wildman–Crippen LogP) is 1.74. The van der Waals surface area contributed by atoms with Crippen LogP contribution in [0.4, 0.5) is 5.69 Å². The fourth-order valence-electron chi connectivity index (χ4n) is 1.12. The van der Waals surface area contributed by atoms with E-state index in [1.165, 1.54) is 12.1 Å². The molecule has 1 N–H and O–H groups in total. The molecule has 0 aliphatic heterocycles. The van der Waals surface area contributed by atoms with Crippen molar-refractivity contribution in [2.45, 2.75) is 18.2 Å². The average Bonchev–Trinajstić information content (AvgIpc) is 2.16. The third-order valence-corrected chi connectivity index (χ3v) is 2.49. The lowest BCUT2D eigenvalue weighted by molar-refractivity contribution is -0.385. The molecule has 6 heteroatoms. The molecule has 1 atom stereocenters. The minimum atomic E-state index is -2.17. The van der Waals surface area contributed by atoms with Gasteiger partial charge in [-0.25, -0.2) is 4.21 Å². The number of aryl methyl sites for hydroxylation is 1. The predicted molar refractivity (Wildman–Crippen MR) is 51.5 cm³/mol. The second-order valence-electron chi connectivity index (χ2n) is 2.65. The van der Waals surface area contributed by atoms with Crippen LogP contribution in [0.2, 0.25) is 0 Å². The Morgan fingerprint density at radius 2 is 2.21 bits per heavy atom. The summed E-state index contributed by atoms with van der Waals surface area (Å²) in [7, 11) is 0. The van der Waals surface area contributed by atoms with Crippen molar-refractivity contribution in [1.29, 1.82) is 0 Å². The molecule has 1 aromatic carbocycles. The van der Waals surface area contributed by atoms with Gasteiger partial charge in [-0.1, -0.05) is 13.0 Å². The van der Waals surface area contributed by atoms with Gasteiger partial charge in [0.05, 0.1) is 9.82 Å². The van der Waals surface area contributed by atoms with Crippen LogP contribution in [0.1, 0.15) is 12.5 Å². The van der Waals surface area contributed by atoms with Crippen LogP contribution >= 0.6 is 0 Å². The van der Waals surface area contributed by atoms with E-state index in [4.69, 9.17) is 4.55 Å². The van der Waals surface area contributed by atoms with Crippen molar-refractivity contribution in [2.24, 2.45) is 0 Å². The lowest BCUT2D eigenvalue weighted by atomic mass is 10.1. The van der Waals surface area contributed by atoms with Gasteiger partial charge in [0.25, 0.3) is 5.69 Å². The first-order chi connectivity index (χ1) is 6.56. The van der Waals surface area contributed by atoms with E-state index in [1.807, 2.05) is 0 Å². The number of benzene rings is 1. The number of hydrogen-bond donors (Lipinski definition) is 1. The number of nitrogens with zero attached hydrogens (tertiary/aromatic N) is 1. The second-order valence-corrected chi connectivity index (χ2v) is 3.62. The molecule has 76 valence electrons. The molecular formula is C8H9NO4S. The maximum Gasteiger partial charge on any atom is 0.273 e. The first-order valence-electron chi connectivity index (χ1n) is 3.94. The van der Waals surface area contributed by atoms with Crippen molar-refractivity contribution >= 4 is 16.8 Å². The lowest BCUT2D eigenvalue weighted by Gasteiger charge is -2.00. The van der Waals surface area contributed by atoms with Gasteiger partial charge in [0.15, 0.2) is 11.1 Å². The summed E-state index contributed by atoms with van der Waals surface area (Å²) in [5.74, 6) is 0. The monoisotopic (exact) mass is 215 g/mol. The standard InChI is InChI=1S/C8H9NO4S/c1-2-6-3-4-7(14(12)13)5-8(6)9(10)11/h3-5H,2H2,1H3,(H,12,13). The number of rotatable bonds is 3. The molecule has 14 heavy (non-hydrogen) atoms. The van der Waals surface area contributed by atoms with Crippen molar-refractivity contribution in [3.05, 3.63) is 33.9 Å². The third kappa shape index (κ3) is 2.15. The molecule has 1 aromatic rings. The van der Waals surface area contributed by atoms with Crippen molar-refractivity contribution in [3.63, 3.8) is 0 Å². The fraction of sp³-hybridized carbons (Fsp3) is 0.250. The molecule has 1 unspecified atom stereocenters. The molecule has 1 rings (SSSR count). The Hall–Kier alpha value is -1.27. The summed E-state index contributed by atoms with van der Waals surface area (Å²) < 4.78 is 19.4. The number of nitro benzene ring substituents is 1. The summed E-state index contributed by atoms with van der Waals surface area (Å²) in [5.41, 5.74) is 0.455. The summed E-state index contributed by atoms with van der Waals surface area (Å²) in [6.45, 7) is 1.79. The molecule has 0 bridgehead atoms. The molecule has 0 aromatic heterocycles. The average molecular weight is 215 g/mol. The molecule has 0 heterocycles. The quantitative estimate of drug-likeness (QED) is 0.473. The van der Waals surface area contributed by atoms with Crippen molar-refractivity contribution < 1.29 is 13.7 Å². The fourth-order valence-corrected chi connectivity index (χ4v) is 1.52. The summed E-state index contributed by atoms with van der Waals surface area (Å²) in [5, 5.41) is 10.6. The van der Waals surface area contributed by atoms with Gasteiger partial charge in [0, 0.05) is 11.6 Å². The van der Waals surface area contributed by atoms with E-state index in [2.05, 4.69) is 0 Å². The molecule has 0 radical (unpaired) electrons. The highest BCUT2D eigenvalue weighted by molar-refractivity contribution is 7.79. The number of hydrogen-bond acceptors (Lipinski definition) is 3. The molecular weight excluding hydrogens is 206 g/mol. The Kier molecular flexibility index (Phi) is 3.32. The van der Waals surface area contributed by atoms with Crippen molar-refractivity contribution in [3.8, 4) is 0 Å². The molecule has 0 amide bonds. The molecule has 0 aliphatic rings. The van der Waals surface area contributed by atoms with Gasteiger partial charge in [-0.3, -0.25) is 10.1 Å². The Bertz CT molecular complexity index is 391. The summed E-state index contributed by atoms with van der Waals surface area (Å²) >= 11 is -2.17. The zero-order valence-corrected chi connectivity index (χ0v) is 8.28. The Labute approximate surface area is 83.2 Å². The highest BCUT2D eigenvalue weighted by Crippen LogP contribution is 2.22. The van der Waals surface area contributed by atoms with E-state index in [-0.39, 0.29) is 10.6 Å². The zero-order chi connectivity index (χ0) is 10.7. The van der Waals surface area contributed by atoms with Crippen LogP contribution in [0.15, 0.2) is 23.1 Å². The second kappa shape index (κ2) is 4.30. The molecule has 0 aliphatic carbocycles. The highest BCUT2D eigenvalue weighted by atomic mass is 32.2. The van der Waals surface area contributed by atoms with Crippen LogP contribution in [0, 0.1) is 10.1 Å². The van der Waals surface area contributed by atoms with Crippen LogP contribution in [0.3, 0.4) is 0 Å². The van der Waals surface area contributed by atoms with Gasteiger partial charge in [-0.15, -0.1) is 0 Å². The lowest BCUT2D eigenvalue weighted by Crippen LogP contribution is -1.97. The minimum absolute atomic E-state index is 0.0499. The van der Waals surface area contributed by atoms with E-state index in [9.17, 15) is 14.3 Å². The van der Waals surface area contributed by atoms with Gasteiger partial charge in [-0.2, -0.15) is 0 Å². The van der Waals surface area contributed by atoms with E-state index in [0.717, 1.165) is 6.07 Å². The summed E-state index contributed by atoms with van der Waals surface area (Å²) in [4.78, 5) is 10.1. The summed E-state index contributed by atoms with van der Waals surface area (Å²) in [6.07, 6.45) is 0.522. The maximum absolute atomic E-state index is 10.7. The smallest absolute Gasteiger partial charge is 0.273 e. The molecule has 0 spiro atoms. The zero-order valence-electron chi connectivity index (χ0n) is 7.47. The van der Waals surface area contributed by atoms with E-state index in [0.29, 0.717) is 12.0 Å². The topological polar surface area (TPSA) is 80.4 Å². The SMILES string of the molecule is CCc1ccc(S(=O)O)cc1[N+](=O)[O-]. The third-order valence-electron chi connectivity index (χ3n) is 1.84. The van der Waals surface area contributed by atoms with Crippen LogP contribution < -0.4 is 0 Å². The largest absolute Gasteiger partial charge is 0.302 e. The molecule has 0 saturated carbocycles. The maximum atomic E-state index is 10.7. The first kappa shape index (κ1) is 10.8. The van der Waals surface area contributed by atoms with Gasteiger partial charge < -0.3 is 4.55 Å². The van der Waals surface area contributed by atoms with Gasteiger partial charge in [-0.05, 0) is 12.5 Å². The normalized spacial score (nSPS) is 12.4. The van der Waals surface area contributed by atoms with Crippen LogP contribution in [-0.2, 0) is 17.5 Å². The number of nitro groups is 1. The molecule has 0 saturated heterocycles. The first-order valence-corrected chi connectivity index (χ1v) is 5.05. The highest BCUT2D eigenvalue weighted by Gasteiger charge is 2.14. The van der Waals surface area contributed by atoms with Gasteiger partial charge in [0.1, 0.15) is 0 Å². The van der Waals surface area contributed by atoms with Crippen LogP contribution in [0.5, 0.6) is 0 Å². The van der Waals surface area contributed by atoms with Gasteiger partial charge in [0.2, 0.25) is 0 Å². The van der Waals surface area contributed by atoms with Crippen molar-refractivity contribution in [1.82, 2.24) is 0 Å². The van der Waals surface area contributed by atoms with E-state index >= 15 is 0 Å². The Balaban J connectivity index is 3.27. The van der Waals surface area contributed by atoms with Crippen molar-refractivity contribution in [2.75, 3.05) is 0 Å². The van der Waals surface area contributed by atoms with Gasteiger partial charge >= 0.3 is 0 Å². The molecule has 5 nitrogen and oxygen atoms in total. The Morgan fingerprint density at radius 1 is 1.57 bits per heavy atom. The Morgan fingerprint density at radius 3 is 2.64 bits per heavy atom. The van der Waals surface area contributed by atoms with E-state index in [1.54, 1.807) is 6.92 Å². The summed E-state index contributed by atoms with van der Waals surface area (Å²) in [6, 6.07) is 4.05. The van der Waals surface area contributed by atoms with E-state index < -0.39 is 16.0 Å². The minimum Gasteiger partial charge on any atom is -0.302 e. The van der Waals surface area contributed by atoms with Crippen LogP contribution in [0.25, 0.3) is 0 Å². The molecule has 0 fully saturated rings. The van der Waals surface area contributed by atoms with Crippen LogP contribution in [-0.4, -0.2) is 13.7 Å².